The zero-order valence-electron chi connectivity index (χ0n) is 12.6. The summed E-state index contributed by atoms with van der Waals surface area (Å²) in [4.78, 5) is 22.7. The number of hydrogen-bond acceptors (Lipinski definition) is 3. The average Bonchev–Trinajstić information content (AvgIpc) is 2.54. The fourth-order valence-electron chi connectivity index (χ4n) is 2.37. The number of nitrogens with one attached hydrogen (secondary N) is 1. The van der Waals surface area contributed by atoms with Gasteiger partial charge in [0.2, 0.25) is 11.8 Å². The van der Waals surface area contributed by atoms with Crippen molar-refractivity contribution in [2.75, 3.05) is 13.2 Å². The lowest BCUT2D eigenvalue weighted by atomic mass is 9.94. The van der Waals surface area contributed by atoms with Crippen LogP contribution in [0.1, 0.15) is 36.0 Å². The van der Waals surface area contributed by atoms with Crippen molar-refractivity contribution in [3.05, 3.63) is 42.0 Å². The second-order valence-electron chi connectivity index (χ2n) is 5.44. The zero-order chi connectivity index (χ0) is 15.8. The molecule has 0 saturated carbocycles. The summed E-state index contributed by atoms with van der Waals surface area (Å²) in [5, 5.41) is 2.95. The highest BCUT2D eigenvalue weighted by Crippen LogP contribution is 2.17. The monoisotopic (exact) mass is 302 g/mol. The molecule has 1 aromatic rings. The Labute approximate surface area is 130 Å². The largest absolute Gasteiger partial charge is 0.493 e. The van der Waals surface area contributed by atoms with Gasteiger partial charge in [0.15, 0.2) is 0 Å². The average molecular weight is 302 g/mol. The van der Waals surface area contributed by atoms with Crippen LogP contribution in [0.2, 0.25) is 0 Å². The lowest BCUT2D eigenvalue weighted by Gasteiger charge is -2.18. The molecule has 22 heavy (non-hydrogen) atoms. The van der Waals surface area contributed by atoms with Gasteiger partial charge >= 0.3 is 0 Å². The van der Waals surface area contributed by atoms with E-state index in [9.17, 15) is 9.59 Å². The summed E-state index contributed by atoms with van der Waals surface area (Å²) in [6.07, 6.45) is 7.97. The Bertz CT molecular complexity index is 537. The van der Waals surface area contributed by atoms with Crippen LogP contribution in [-0.4, -0.2) is 25.0 Å². The summed E-state index contributed by atoms with van der Waals surface area (Å²) >= 11 is 0. The first-order valence-corrected chi connectivity index (χ1v) is 7.59. The van der Waals surface area contributed by atoms with Crippen molar-refractivity contribution in [1.82, 2.24) is 5.32 Å². The number of benzene rings is 1. The molecule has 1 aromatic carbocycles. The van der Waals surface area contributed by atoms with E-state index in [0.29, 0.717) is 30.3 Å². The fourth-order valence-corrected chi connectivity index (χ4v) is 2.37. The maximum atomic E-state index is 11.7. The Balaban J connectivity index is 1.64. The van der Waals surface area contributed by atoms with Crippen molar-refractivity contribution < 1.29 is 14.3 Å². The molecule has 118 valence electrons. The van der Waals surface area contributed by atoms with Crippen LogP contribution < -0.4 is 15.8 Å². The van der Waals surface area contributed by atoms with Crippen LogP contribution in [-0.2, 0) is 4.79 Å². The predicted molar refractivity (Wildman–Crippen MR) is 84.6 cm³/mol. The first-order valence-electron chi connectivity index (χ1n) is 7.59. The smallest absolute Gasteiger partial charge is 0.248 e. The minimum Gasteiger partial charge on any atom is -0.493 e. The van der Waals surface area contributed by atoms with Crippen molar-refractivity contribution >= 4 is 11.8 Å². The van der Waals surface area contributed by atoms with Crippen molar-refractivity contribution in [2.45, 2.75) is 25.7 Å². The van der Waals surface area contributed by atoms with Gasteiger partial charge in [0.05, 0.1) is 13.0 Å². The molecule has 0 aliphatic heterocycles. The van der Waals surface area contributed by atoms with Crippen molar-refractivity contribution in [2.24, 2.45) is 11.7 Å². The summed E-state index contributed by atoms with van der Waals surface area (Å²) in [5.74, 6) is 0.707. The second kappa shape index (κ2) is 8.22. The molecular formula is C17H22N2O3. The molecule has 2 amide bonds. The number of carbonyl (C=O) groups is 2. The predicted octanol–water partition coefficient (Wildman–Crippen LogP) is 2.03. The molecule has 0 spiro atoms. The molecule has 0 fully saturated rings. The summed E-state index contributed by atoms with van der Waals surface area (Å²) in [5.41, 5.74) is 5.60. The van der Waals surface area contributed by atoms with Gasteiger partial charge in [-0.15, -0.1) is 0 Å². The molecule has 1 aliphatic carbocycles. The van der Waals surface area contributed by atoms with Gasteiger partial charge in [-0.1, -0.05) is 12.2 Å². The van der Waals surface area contributed by atoms with E-state index in [1.165, 1.54) is 0 Å². The Morgan fingerprint density at radius 2 is 2.00 bits per heavy atom. The van der Waals surface area contributed by atoms with Gasteiger partial charge in [0.1, 0.15) is 5.75 Å². The lowest BCUT2D eigenvalue weighted by molar-refractivity contribution is -0.121. The molecule has 5 nitrogen and oxygen atoms in total. The molecule has 0 bridgehead atoms. The van der Waals surface area contributed by atoms with Crippen LogP contribution in [0.25, 0.3) is 0 Å². The third-order valence-electron chi connectivity index (χ3n) is 3.70. The van der Waals surface area contributed by atoms with Gasteiger partial charge in [0, 0.05) is 12.1 Å². The quantitative estimate of drug-likeness (QED) is 0.756. The molecule has 0 heterocycles. The molecule has 1 aliphatic rings. The van der Waals surface area contributed by atoms with E-state index in [4.69, 9.17) is 10.5 Å². The van der Waals surface area contributed by atoms with Crippen LogP contribution in [0.4, 0.5) is 0 Å². The van der Waals surface area contributed by atoms with Crippen LogP contribution >= 0.6 is 0 Å². The van der Waals surface area contributed by atoms with Gasteiger partial charge < -0.3 is 15.8 Å². The Kier molecular flexibility index (Phi) is 6.01. The highest BCUT2D eigenvalue weighted by atomic mass is 16.5. The summed E-state index contributed by atoms with van der Waals surface area (Å²) < 4.78 is 5.48. The molecule has 0 saturated heterocycles. The Morgan fingerprint density at radius 3 is 2.64 bits per heavy atom. The van der Waals surface area contributed by atoms with Crippen LogP contribution in [0, 0.1) is 5.92 Å². The number of ether oxygens (including phenoxy) is 1. The van der Waals surface area contributed by atoms with Gasteiger partial charge in [-0.05, 0) is 49.4 Å². The molecule has 5 heteroatoms. The number of carbonyl (C=O) groups excluding carboxylic acids is 2. The summed E-state index contributed by atoms with van der Waals surface area (Å²) in [7, 11) is 0. The van der Waals surface area contributed by atoms with Crippen LogP contribution in [0.3, 0.4) is 0 Å². The number of amides is 2. The van der Waals surface area contributed by atoms with E-state index in [0.717, 1.165) is 25.8 Å². The molecule has 0 aromatic heterocycles. The summed E-state index contributed by atoms with van der Waals surface area (Å²) in [6.45, 7) is 1.04. The Morgan fingerprint density at radius 1 is 1.23 bits per heavy atom. The summed E-state index contributed by atoms with van der Waals surface area (Å²) in [6, 6.07) is 6.56. The molecule has 1 atom stereocenters. The number of primary amides is 1. The molecular weight excluding hydrogens is 280 g/mol. The van der Waals surface area contributed by atoms with Crippen molar-refractivity contribution in [1.29, 1.82) is 0 Å². The van der Waals surface area contributed by atoms with E-state index in [1.807, 2.05) is 0 Å². The normalized spacial score (nSPS) is 17.0. The molecule has 1 unspecified atom stereocenters. The van der Waals surface area contributed by atoms with E-state index in [1.54, 1.807) is 24.3 Å². The number of rotatable bonds is 7. The SMILES string of the molecule is NC(=O)c1ccc(OCCC(=O)NCC2CC=CCC2)cc1. The maximum Gasteiger partial charge on any atom is 0.248 e. The van der Waals surface area contributed by atoms with Crippen LogP contribution in [0.5, 0.6) is 5.75 Å². The maximum absolute atomic E-state index is 11.7. The van der Waals surface area contributed by atoms with E-state index < -0.39 is 5.91 Å². The number of nitrogens with two attached hydrogens (primary N) is 1. The molecule has 2 rings (SSSR count). The minimum atomic E-state index is -0.469. The second-order valence-corrected chi connectivity index (χ2v) is 5.44. The van der Waals surface area contributed by atoms with Crippen molar-refractivity contribution in [3.63, 3.8) is 0 Å². The minimum absolute atomic E-state index is 0.00306. The van der Waals surface area contributed by atoms with E-state index in [2.05, 4.69) is 17.5 Å². The zero-order valence-corrected chi connectivity index (χ0v) is 12.6. The van der Waals surface area contributed by atoms with Gasteiger partial charge in [-0.2, -0.15) is 0 Å². The fraction of sp³-hybridized carbons (Fsp3) is 0.412. The highest BCUT2D eigenvalue weighted by molar-refractivity contribution is 5.92. The molecule has 3 N–H and O–H groups in total. The van der Waals surface area contributed by atoms with Gasteiger partial charge in [-0.25, -0.2) is 0 Å². The first-order chi connectivity index (χ1) is 10.6. The Hall–Kier alpha value is -2.30. The topological polar surface area (TPSA) is 81.4 Å². The third-order valence-corrected chi connectivity index (χ3v) is 3.70. The van der Waals surface area contributed by atoms with E-state index in [-0.39, 0.29) is 5.91 Å². The van der Waals surface area contributed by atoms with Gasteiger partial charge in [-0.3, -0.25) is 9.59 Å². The number of hydrogen-bond donors (Lipinski definition) is 2. The number of allylic oxidation sites excluding steroid dienone is 2. The lowest BCUT2D eigenvalue weighted by Crippen LogP contribution is -2.30. The van der Waals surface area contributed by atoms with Gasteiger partial charge in [0.25, 0.3) is 0 Å². The van der Waals surface area contributed by atoms with E-state index >= 15 is 0 Å². The standard InChI is InChI=1S/C17H22N2O3/c18-17(21)14-6-8-15(9-7-14)22-11-10-16(20)19-12-13-4-2-1-3-5-13/h1-2,6-9,13H,3-5,10-12H2,(H2,18,21)(H,19,20). The van der Waals surface area contributed by atoms with Crippen LogP contribution in [0.15, 0.2) is 36.4 Å². The first kappa shape index (κ1) is 16.1. The van der Waals surface area contributed by atoms with Crippen molar-refractivity contribution in [3.8, 4) is 5.75 Å². The molecule has 0 radical (unpaired) electrons. The third kappa shape index (κ3) is 5.24. The highest BCUT2D eigenvalue weighted by Gasteiger charge is 2.11.